The fourth-order valence-electron chi connectivity index (χ4n) is 3.54. The van der Waals surface area contributed by atoms with Crippen LogP contribution in [0.3, 0.4) is 0 Å². The van der Waals surface area contributed by atoms with E-state index in [0.717, 1.165) is 24.1 Å². The van der Waals surface area contributed by atoms with Crippen LogP contribution in [0.4, 0.5) is 11.7 Å². The normalized spacial score (nSPS) is 14.4. The Kier molecular flexibility index (Phi) is 5.83. The lowest BCUT2D eigenvalue weighted by Gasteiger charge is -2.29. The van der Waals surface area contributed by atoms with Gasteiger partial charge in [-0.2, -0.15) is 4.98 Å². The Labute approximate surface area is 174 Å². The highest BCUT2D eigenvalue weighted by molar-refractivity contribution is 5.92. The van der Waals surface area contributed by atoms with Crippen molar-refractivity contribution in [2.75, 3.05) is 37.5 Å². The Morgan fingerprint density at radius 1 is 1.07 bits per heavy atom. The maximum Gasteiger partial charge on any atom is 0.324 e. The molecule has 0 bridgehead atoms. The van der Waals surface area contributed by atoms with Crippen molar-refractivity contribution >= 4 is 17.6 Å². The second-order valence-corrected chi connectivity index (χ2v) is 7.09. The van der Waals surface area contributed by atoms with Gasteiger partial charge in [-0.15, -0.1) is 0 Å². The summed E-state index contributed by atoms with van der Waals surface area (Å²) in [6, 6.07) is 15.5. The molecule has 1 fully saturated rings. The van der Waals surface area contributed by atoms with Crippen molar-refractivity contribution in [1.29, 1.82) is 0 Å². The van der Waals surface area contributed by atoms with Crippen LogP contribution in [0.25, 0.3) is 11.4 Å². The third-order valence-electron chi connectivity index (χ3n) is 5.23. The topological polar surface area (TPSA) is 89.7 Å². The number of carbonyl (C=O) groups excluding carboxylic acids is 1. The van der Waals surface area contributed by atoms with Crippen LogP contribution < -0.4 is 19.7 Å². The molecule has 0 spiro atoms. The van der Waals surface area contributed by atoms with Gasteiger partial charge < -0.3 is 24.2 Å². The van der Waals surface area contributed by atoms with Crippen LogP contribution in [0.5, 0.6) is 11.5 Å². The lowest BCUT2D eigenvalue weighted by Crippen LogP contribution is -2.38. The number of piperidine rings is 1. The van der Waals surface area contributed by atoms with Gasteiger partial charge in [0, 0.05) is 30.3 Å². The Morgan fingerprint density at radius 2 is 1.80 bits per heavy atom. The van der Waals surface area contributed by atoms with E-state index in [1.54, 1.807) is 20.3 Å². The molecule has 0 aliphatic carbocycles. The van der Waals surface area contributed by atoms with Crippen LogP contribution >= 0.6 is 0 Å². The average molecular weight is 408 g/mol. The van der Waals surface area contributed by atoms with Gasteiger partial charge in [0.25, 0.3) is 0 Å². The molecule has 156 valence electrons. The Morgan fingerprint density at radius 3 is 2.50 bits per heavy atom. The van der Waals surface area contributed by atoms with E-state index in [-0.39, 0.29) is 11.8 Å². The predicted octanol–water partition coefficient (Wildman–Crippen LogP) is 3.61. The molecular weight excluding hydrogens is 384 g/mol. The van der Waals surface area contributed by atoms with Gasteiger partial charge in [-0.1, -0.05) is 23.4 Å². The number of hydrogen-bond donors (Lipinski definition) is 1. The number of carbonyl (C=O) groups is 1. The number of hydrogen-bond acceptors (Lipinski definition) is 7. The first-order valence-corrected chi connectivity index (χ1v) is 9.85. The first-order chi connectivity index (χ1) is 14.7. The van der Waals surface area contributed by atoms with Gasteiger partial charge in [-0.05, 0) is 43.2 Å². The smallest absolute Gasteiger partial charge is 0.324 e. The summed E-state index contributed by atoms with van der Waals surface area (Å²) in [5, 5.41) is 7.08. The summed E-state index contributed by atoms with van der Waals surface area (Å²) >= 11 is 0. The van der Waals surface area contributed by atoms with Crippen LogP contribution in [-0.2, 0) is 4.79 Å². The van der Waals surface area contributed by atoms with Crippen LogP contribution in [0, 0.1) is 5.92 Å². The molecule has 1 N–H and O–H groups in total. The van der Waals surface area contributed by atoms with Gasteiger partial charge in [-0.3, -0.25) is 4.79 Å². The highest BCUT2D eigenvalue weighted by atomic mass is 16.5. The molecule has 1 amide bonds. The monoisotopic (exact) mass is 408 g/mol. The molecule has 1 aliphatic heterocycles. The first-order valence-electron chi connectivity index (χ1n) is 9.85. The van der Waals surface area contributed by atoms with Crippen molar-refractivity contribution < 1.29 is 18.8 Å². The van der Waals surface area contributed by atoms with Crippen LogP contribution in [0.2, 0.25) is 0 Å². The Balaban J connectivity index is 1.38. The number of methoxy groups -OCH3 is 2. The molecule has 3 aromatic rings. The van der Waals surface area contributed by atoms with Crippen molar-refractivity contribution in [2.24, 2.45) is 5.92 Å². The fraction of sp³-hybridized carbons (Fsp3) is 0.318. The van der Waals surface area contributed by atoms with Crippen molar-refractivity contribution in [2.45, 2.75) is 12.8 Å². The molecule has 1 aliphatic rings. The summed E-state index contributed by atoms with van der Waals surface area (Å²) in [5.41, 5.74) is 1.60. The van der Waals surface area contributed by atoms with Gasteiger partial charge in [0.2, 0.25) is 11.7 Å². The van der Waals surface area contributed by atoms with Crippen molar-refractivity contribution in [3.05, 3.63) is 48.5 Å². The lowest BCUT2D eigenvalue weighted by molar-refractivity contribution is -0.120. The van der Waals surface area contributed by atoms with Gasteiger partial charge >= 0.3 is 6.01 Å². The molecule has 0 saturated carbocycles. The third-order valence-corrected chi connectivity index (χ3v) is 5.23. The predicted molar refractivity (Wildman–Crippen MR) is 113 cm³/mol. The van der Waals surface area contributed by atoms with E-state index in [1.165, 1.54) is 0 Å². The minimum absolute atomic E-state index is 0.0327. The summed E-state index contributed by atoms with van der Waals surface area (Å²) in [7, 11) is 3.18. The van der Waals surface area contributed by atoms with Gasteiger partial charge in [0.05, 0.1) is 14.2 Å². The maximum atomic E-state index is 12.5. The molecular formula is C22H24N4O4. The quantitative estimate of drug-likeness (QED) is 0.666. The second-order valence-electron chi connectivity index (χ2n) is 7.09. The fourth-order valence-corrected chi connectivity index (χ4v) is 3.54. The zero-order valence-electron chi connectivity index (χ0n) is 17.0. The number of benzene rings is 2. The minimum atomic E-state index is -0.0327. The molecule has 2 aromatic carbocycles. The van der Waals surface area contributed by atoms with E-state index in [1.807, 2.05) is 47.4 Å². The standard InChI is InChI=1S/C22H24N4O4/c1-28-18-9-8-16(14-19(18)29-2)20-24-22(30-25-20)26-12-10-15(11-13-26)21(27)23-17-6-4-3-5-7-17/h3-9,14-15H,10-13H2,1-2H3,(H,23,27). The van der Waals surface area contributed by atoms with E-state index in [2.05, 4.69) is 15.5 Å². The number of para-hydroxylation sites is 1. The highest BCUT2D eigenvalue weighted by Crippen LogP contribution is 2.32. The zero-order chi connectivity index (χ0) is 20.9. The van der Waals surface area contributed by atoms with Crippen molar-refractivity contribution in [3.8, 4) is 22.9 Å². The van der Waals surface area contributed by atoms with Crippen LogP contribution in [-0.4, -0.2) is 43.4 Å². The molecule has 8 heteroatoms. The highest BCUT2D eigenvalue weighted by Gasteiger charge is 2.27. The number of nitrogens with one attached hydrogen (secondary N) is 1. The second kappa shape index (κ2) is 8.86. The molecule has 0 atom stereocenters. The molecule has 1 aromatic heterocycles. The summed E-state index contributed by atoms with van der Waals surface area (Å²) in [6.45, 7) is 1.36. The number of nitrogens with zero attached hydrogens (tertiary/aromatic N) is 3. The summed E-state index contributed by atoms with van der Waals surface area (Å²) in [4.78, 5) is 19.1. The molecule has 2 heterocycles. The third kappa shape index (κ3) is 4.22. The van der Waals surface area contributed by atoms with E-state index in [9.17, 15) is 4.79 Å². The first kappa shape index (κ1) is 19.8. The molecule has 8 nitrogen and oxygen atoms in total. The largest absolute Gasteiger partial charge is 0.493 e. The number of anilines is 2. The number of ether oxygens (including phenoxy) is 2. The van der Waals surface area contributed by atoms with Crippen LogP contribution in [0.1, 0.15) is 12.8 Å². The van der Waals surface area contributed by atoms with Crippen molar-refractivity contribution in [3.63, 3.8) is 0 Å². The number of amides is 1. The summed E-state index contributed by atoms with van der Waals surface area (Å²) < 4.78 is 16.1. The van der Waals surface area contributed by atoms with Crippen molar-refractivity contribution in [1.82, 2.24) is 10.1 Å². The number of rotatable bonds is 6. The number of aromatic nitrogens is 2. The van der Waals surface area contributed by atoms with E-state index >= 15 is 0 Å². The molecule has 4 rings (SSSR count). The summed E-state index contributed by atoms with van der Waals surface area (Å²) in [6.07, 6.45) is 1.46. The van der Waals surface area contributed by atoms with Gasteiger partial charge in [0.1, 0.15) is 0 Å². The maximum absolute atomic E-state index is 12.5. The molecule has 0 radical (unpaired) electrons. The van der Waals surface area contributed by atoms with E-state index < -0.39 is 0 Å². The minimum Gasteiger partial charge on any atom is -0.493 e. The van der Waals surface area contributed by atoms with Crippen LogP contribution in [0.15, 0.2) is 53.1 Å². The summed E-state index contributed by atoms with van der Waals surface area (Å²) in [5.74, 6) is 1.74. The zero-order valence-corrected chi connectivity index (χ0v) is 17.0. The SMILES string of the molecule is COc1ccc(-c2noc(N3CCC(C(=O)Nc4ccccc4)CC3)n2)cc1OC. The molecule has 30 heavy (non-hydrogen) atoms. The Bertz CT molecular complexity index is 997. The molecule has 1 saturated heterocycles. The van der Waals surface area contributed by atoms with Gasteiger partial charge in [0.15, 0.2) is 11.5 Å². The Hall–Kier alpha value is -3.55. The average Bonchev–Trinajstić information content (AvgIpc) is 3.29. The van der Waals surface area contributed by atoms with Gasteiger partial charge in [-0.25, -0.2) is 0 Å². The van der Waals surface area contributed by atoms with E-state index in [4.69, 9.17) is 14.0 Å². The van der Waals surface area contributed by atoms with E-state index in [0.29, 0.717) is 36.4 Å². The molecule has 0 unspecified atom stereocenters. The lowest BCUT2D eigenvalue weighted by atomic mass is 9.96.